The van der Waals surface area contributed by atoms with Gasteiger partial charge in [0.05, 0.1) is 5.56 Å². The molecule has 9 heteroatoms. The number of nitrogens with one attached hydrogen (secondary N) is 1. The Kier molecular flexibility index (Phi) is 4.14. The molecule has 1 amide bonds. The number of pyridine rings is 1. The molecule has 2 rings (SSSR count). The lowest BCUT2D eigenvalue weighted by Gasteiger charge is -2.12. The fourth-order valence-electron chi connectivity index (χ4n) is 1.69. The molecule has 1 aromatic heterocycles. The normalized spacial score (nSPS) is 11.3. The molecule has 0 aliphatic carbocycles. The van der Waals surface area contributed by atoms with E-state index in [1.165, 1.54) is 12.1 Å². The molecule has 0 aliphatic rings. The van der Waals surface area contributed by atoms with Crippen molar-refractivity contribution < 1.29 is 23.1 Å². The molecule has 4 N–H and O–H groups in total. The number of hydrogen-bond acceptors (Lipinski definition) is 4. The van der Waals surface area contributed by atoms with E-state index < -0.39 is 23.4 Å². The van der Waals surface area contributed by atoms with Gasteiger partial charge in [0.1, 0.15) is 16.7 Å². The number of nitrogens with zero attached hydrogens (tertiary/aromatic N) is 1. The molecule has 0 unspecified atom stereocenters. The quantitative estimate of drug-likeness (QED) is 0.582. The molecule has 0 fully saturated rings. The van der Waals surface area contributed by atoms with Crippen molar-refractivity contribution >= 4 is 29.0 Å². The van der Waals surface area contributed by atoms with Crippen molar-refractivity contribution in [3.8, 4) is 5.75 Å². The highest BCUT2D eigenvalue weighted by Crippen LogP contribution is 2.37. The second-order valence-electron chi connectivity index (χ2n) is 4.29. The van der Waals surface area contributed by atoms with Crippen LogP contribution < -0.4 is 11.1 Å². The lowest BCUT2D eigenvalue weighted by atomic mass is 10.1. The van der Waals surface area contributed by atoms with Crippen molar-refractivity contribution in [2.75, 3.05) is 11.1 Å². The van der Waals surface area contributed by atoms with Gasteiger partial charge >= 0.3 is 6.18 Å². The maximum absolute atomic E-state index is 12.7. The van der Waals surface area contributed by atoms with Crippen LogP contribution in [0.1, 0.15) is 15.9 Å². The average Bonchev–Trinajstić information content (AvgIpc) is 2.38. The predicted molar refractivity (Wildman–Crippen MR) is 74.7 cm³/mol. The molecule has 1 heterocycles. The average molecular weight is 332 g/mol. The summed E-state index contributed by atoms with van der Waals surface area (Å²) in [5.41, 5.74) is 4.09. The molecule has 0 spiro atoms. The van der Waals surface area contributed by atoms with E-state index in [0.29, 0.717) is 6.07 Å². The number of nitrogens with two attached hydrogens (primary N) is 1. The number of carbonyl (C=O) groups is 1. The Morgan fingerprint density at radius 3 is 2.55 bits per heavy atom. The summed E-state index contributed by atoms with van der Waals surface area (Å²) in [4.78, 5) is 15.6. The van der Waals surface area contributed by atoms with Crippen LogP contribution in [0.5, 0.6) is 5.75 Å². The van der Waals surface area contributed by atoms with Gasteiger partial charge in [0, 0.05) is 11.3 Å². The number of nitrogen functional groups attached to an aromatic ring is 1. The Morgan fingerprint density at radius 2 is 1.95 bits per heavy atom. The van der Waals surface area contributed by atoms with Gasteiger partial charge in [-0.25, -0.2) is 4.98 Å². The molecule has 0 radical (unpaired) electrons. The summed E-state index contributed by atoms with van der Waals surface area (Å²) in [5.74, 6) is -1.64. The maximum Gasteiger partial charge on any atom is 0.420 e. The topological polar surface area (TPSA) is 88.2 Å². The highest BCUT2D eigenvalue weighted by atomic mass is 35.5. The van der Waals surface area contributed by atoms with E-state index in [-0.39, 0.29) is 22.2 Å². The fraction of sp³-hybridized carbons (Fsp3) is 0.0769. The summed E-state index contributed by atoms with van der Waals surface area (Å²) in [6, 6.07) is 5.05. The molecular formula is C13H9ClF3N3O2. The number of phenolic OH excluding ortho intramolecular Hbond substituents is 1. The van der Waals surface area contributed by atoms with Crippen molar-refractivity contribution in [3.05, 3.63) is 46.6 Å². The number of carbonyl (C=O) groups excluding carboxylic acids is 1. The minimum Gasteiger partial charge on any atom is -0.507 e. The van der Waals surface area contributed by atoms with E-state index in [4.69, 9.17) is 17.3 Å². The minimum atomic E-state index is -4.74. The highest BCUT2D eigenvalue weighted by molar-refractivity contribution is 6.30. The number of benzene rings is 1. The first kappa shape index (κ1) is 15.9. The van der Waals surface area contributed by atoms with Crippen molar-refractivity contribution in [1.29, 1.82) is 0 Å². The van der Waals surface area contributed by atoms with Crippen molar-refractivity contribution in [2.24, 2.45) is 0 Å². The lowest BCUT2D eigenvalue weighted by Crippen LogP contribution is -2.14. The molecule has 1 aromatic carbocycles. The third-order valence-corrected chi connectivity index (χ3v) is 2.83. The summed E-state index contributed by atoms with van der Waals surface area (Å²) in [6.07, 6.45) is -4.74. The highest BCUT2D eigenvalue weighted by Gasteiger charge is 2.34. The van der Waals surface area contributed by atoms with Crippen LogP contribution in [0.3, 0.4) is 0 Å². The Hall–Kier alpha value is -2.48. The van der Waals surface area contributed by atoms with E-state index in [1.807, 2.05) is 0 Å². The van der Waals surface area contributed by atoms with Gasteiger partial charge in [-0.05, 0) is 30.3 Å². The van der Waals surface area contributed by atoms with Crippen LogP contribution in [0.2, 0.25) is 5.15 Å². The van der Waals surface area contributed by atoms with Crippen LogP contribution in [0, 0.1) is 0 Å². The van der Waals surface area contributed by atoms with E-state index in [2.05, 4.69) is 10.3 Å². The van der Waals surface area contributed by atoms with Crippen LogP contribution in [0.25, 0.3) is 0 Å². The summed E-state index contributed by atoms with van der Waals surface area (Å²) in [6.45, 7) is 0. The number of amides is 1. The second-order valence-corrected chi connectivity index (χ2v) is 4.67. The predicted octanol–water partition coefficient (Wildman–Crippen LogP) is 3.29. The maximum atomic E-state index is 12.7. The molecule has 0 saturated heterocycles. The standard InChI is InChI=1S/C13H9ClF3N3O2/c14-10-3-6(4-11(18)20-10)12(22)19-7-1-2-9(21)8(5-7)13(15,16)17/h1-5,21H,(H2,18,20)(H,19,22). The van der Waals surface area contributed by atoms with Gasteiger partial charge in [-0.1, -0.05) is 11.6 Å². The van der Waals surface area contributed by atoms with Crippen LogP contribution >= 0.6 is 11.6 Å². The smallest absolute Gasteiger partial charge is 0.420 e. The van der Waals surface area contributed by atoms with E-state index in [1.54, 1.807) is 0 Å². The Morgan fingerprint density at radius 1 is 1.27 bits per heavy atom. The zero-order chi connectivity index (χ0) is 16.5. The molecule has 5 nitrogen and oxygen atoms in total. The summed E-state index contributed by atoms with van der Waals surface area (Å²) >= 11 is 5.65. The zero-order valence-electron chi connectivity index (χ0n) is 10.8. The number of halogens is 4. The van der Waals surface area contributed by atoms with E-state index >= 15 is 0 Å². The largest absolute Gasteiger partial charge is 0.507 e. The molecular weight excluding hydrogens is 323 g/mol. The first-order valence-electron chi connectivity index (χ1n) is 5.81. The molecule has 0 bridgehead atoms. The van der Waals surface area contributed by atoms with Crippen LogP contribution in [-0.2, 0) is 6.18 Å². The SMILES string of the molecule is Nc1cc(C(=O)Nc2ccc(O)c(C(F)(F)F)c2)cc(Cl)n1. The Balaban J connectivity index is 2.29. The van der Waals surface area contributed by atoms with Crippen LogP contribution in [0.4, 0.5) is 24.7 Å². The molecule has 22 heavy (non-hydrogen) atoms. The zero-order valence-corrected chi connectivity index (χ0v) is 11.5. The van der Waals surface area contributed by atoms with Gasteiger partial charge in [-0.3, -0.25) is 4.79 Å². The monoisotopic (exact) mass is 331 g/mol. The van der Waals surface area contributed by atoms with E-state index in [9.17, 15) is 23.1 Å². The minimum absolute atomic E-state index is 0.000614. The summed E-state index contributed by atoms with van der Waals surface area (Å²) in [5, 5.41) is 11.5. The fourth-order valence-corrected chi connectivity index (χ4v) is 1.91. The van der Waals surface area contributed by atoms with Crippen molar-refractivity contribution in [2.45, 2.75) is 6.18 Å². The van der Waals surface area contributed by atoms with Gasteiger partial charge in [0.25, 0.3) is 5.91 Å². The Labute approximate surface area is 127 Å². The lowest BCUT2D eigenvalue weighted by molar-refractivity contribution is -0.138. The number of aromatic nitrogens is 1. The number of rotatable bonds is 2. The molecule has 116 valence electrons. The molecule has 0 atom stereocenters. The van der Waals surface area contributed by atoms with Crippen molar-refractivity contribution in [1.82, 2.24) is 4.98 Å². The number of hydrogen-bond donors (Lipinski definition) is 3. The van der Waals surface area contributed by atoms with Crippen LogP contribution in [-0.4, -0.2) is 16.0 Å². The van der Waals surface area contributed by atoms with Gasteiger partial charge < -0.3 is 16.2 Å². The second kappa shape index (κ2) is 5.72. The van der Waals surface area contributed by atoms with Gasteiger partial charge in [-0.15, -0.1) is 0 Å². The van der Waals surface area contributed by atoms with E-state index in [0.717, 1.165) is 12.1 Å². The summed E-state index contributed by atoms with van der Waals surface area (Å²) in [7, 11) is 0. The molecule has 2 aromatic rings. The number of phenols is 1. The van der Waals surface area contributed by atoms with Crippen LogP contribution in [0.15, 0.2) is 30.3 Å². The van der Waals surface area contributed by atoms with Crippen molar-refractivity contribution in [3.63, 3.8) is 0 Å². The number of aromatic hydroxyl groups is 1. The summed E-state index contributed by atoms with van der Waals surface area (Å²) < 4.78 is 38.0. The van der Waals surface area contributed by atoms with Gasteiger partial charge in [-0.2, -0.15) is 13.2 Å². The molecule has 0 aliphatic heterocycles. The third-order valence-electron chi connectivity index (χ3n) is 2.64. The molecule has 0 saturated carbocycles. The third kappa shape index (κ3) is 3.59. The Bertz CT molecular complexity index is 715. The van der Waals surface area contributed by atoms with Gasteiger partial charge in [0.15, 0.2) is 0 Å². The first-order valence-corrected chi connectivity index (χ1v) is 6.19. The van der Waals surface area contributed by atoms with Gasteiger partial charge in [0.2, 0.25) is 0 Å². The first-order chi connectivity index (χ1) is 10.2. The number of alkyl halides is 3. The number of anilines is 2.